The van der Waals surface area contributed by atoms with Gasteiger partial charge < -0.3 is 5.32 Å². The fourth-order valence-corrected chi connectivity index (χ4v) is 1.99. The molecule has 0 atom stereocenters. The second-order valence-corrected chi connectivity index (χ2v) is 6.13. The van der Waals surface area contributed by atoms with E-state index in [1.54, 1.807) is 0 Å². The third kappa shape index (κ3) is 4.83. The van der Waals surface area contributed by atoms with Crippen LogP contribution in [0.2, 0.25) is 0 Å². The Morgan fingerprint density at radius 2 is 1.94 bits per heavy atom. The van der Waals surface area contributed by atoms with Crippen molar-refractivity contribution in [3.8, 4) is 0 Å². The maximum atomic E-state index is 12.6. The van der Waals surface area contributed by atoms with Crippen molar-refractivity contribution in [2.75, 3.05) is 17.6 Å². The predicted octanol–water partition coefficient (Wildman–Crippen LogP) is 2.17. The molecule has 0 fully saturated rings. The van der Waals surface area contributed by atoms with Crippen LogP contribution in [0, 0.1) is 0 Å². The Morgan fingerprint density at radius 1 is 1.33 bits per heavy atom. The van der Waals surface area contributed by atoms with E-state index < -0.39 is 27.5 Å². The van der Waals surface area contributed by atoms with E-state index in [1.165, 1.54) is 12.1 Å². The Balaban J connectivity index is 2.90. The molecule has 0 spiro atoms. The molecule has 102 valence electrons. The van der Waals surface area contributed by atoms with E-state index in [9.17, 15) is 21.6 Å². The summed E-state index contributed by atoms with van der Waals surface area (Å²) >= 11 is 3.04. The summed E-state index contributed by atoms with van der Waals surface area (Å²) in [6.45, 7) is -0.196. The number of benzene rings is 1. The molecular weight excluding hydrogens is 337 g/mol. The Bertz CT molecular complexity index is 531. The summed E-state index contributed by atoms with van der Waals surface area (Å²) in [6, 6.07) is 3.39. The summed E-state index contributed by atoms with van der Waals surface area (Å²) in [6.07, 6.45) is -4.51. The largest absolute Gasteiger partial charge is 0.418 e. The van der Waals surface area contributed by atoms with Gasteiger partial charge in [0.05, 0.1) is 11.3 Å². The number of nitrogens with two attached hydrogens (primary N) is 1. The van der Waals surface area contributed by atoms with Crippen LogP contribution in [0.3, 0.4) is 0 Å². The Labute approximate surface area is 111 Å². The van der Waals surface area contributed by atoms with E-state index >= 15 is 0 Å². The highest BCUT2D eigenvalue weighted by Crippen LogP contribution is 2.36. The molecule has 1 aromatic carbocycles. The normalized spacial score (nSPS) is 12.5. The zero-order valence-corrected chi connectivity index (χ0v) is 11.4. The van der Waals surface area contributed by atoms with Gasteiger partial charge in [-0.2, -0.15) is 13.2 Å². The second-order valence-electron chi connectivity index (χ2n) is 3.48. The van der Waals surface area contributed by atoms with Crippen LogP contribution in [0.5, 0.6) is 0 Å². The SMILES string of the molecule is NS(=O)(=O)CCNc1cc(Br)ccc1C(F)(F)F. The number of halogens is 4. The Hall–Kier alpha value is -0.800. The minimum absolute atomic E-state index is 0.194. The summed E-state index contributed by atoms with van der Waals surface area (Å²) in [5.74, 6) is -0.448. The van der Waals surface area contributed by atoms with Crippen LogP contribution < -0.4 is 10.5 Å². The molecule has 1 aromatic rings. The number of nitrogens with one attached hydrogen (secondary N) is 1. The maximum absolute atomic E-state index is 12.6. The van der Waals surface area contributed by atoms with Gasteiger partial charge in [0.15, 0.2) is 0 Å². The van der Waals surface area contributed by atoms with Crippen molar-refractivity contribution in [1.29, 1.82) is 0 Å². The molecule has 18 heavy (non-hydrogen) atoms. The van der Waals surface area contributed by atoms with Crippen LogP contribution in [0.4, 0.5) is 18.9 Å². The molecule has 0 saturated carbocycles. The lowest BCUT2D eigenvalue weighted by molar-refractivity contribution is -0.136. The predicted molar refractivity (Wildman–Crippen MR) is 65.6 cm³/mol. The van der Waals surface area contributed by atoms with Crippen molar-refractivity contribution >= 4 is 31.6 Å². The van der Waals surface area contributed by atoms with Crippen LogP contribution in [0.1, 0.15) is 5.56 Å². The van der Waals surface area contributed by atoms with E-state index in [0.717, 1.165) is 6.07 Å². The molecule has 3 N–H and O–H groups in total. The van der Waals surface area contributed by atoms with Gasteiger partial charge in [0.2, 0.25) is 10.0 Å². The van der Waals surface area contributed by atoms with Gasteiger partial charge in [0.1, 0.15) is 0 Å². The summed E-state index contributed by atoms with van der Waals surface area (Å²) < 4.78 is 59.7. The van der Waals surface area contributed by atoms with Crippen molar-refractivity contribution < 1.29 is 21.6 Å². The minimum atomic E-state index is -4.51. The van der Waals surface area contributed by atoms with Crippen molar-refractivity contribution in [2.45, 2.75) is 6.18 Å². The summed E-state index contributed by atoms with van der Waals surface area (Å²) in [7, 11) is -3.71. The lowest BCUT2D eigenvalue weighted by Gasteiger charge is -2.14. The third-order valence-corrected chi connectivity index (χ3v) is 3.26. The lowest BCUT2D eigenvalue weighted by atomic mass is 10.1. The van der Waals surface area contributed by atoms with E-state index in [1.807, 2.05) is 0 Å². The van der Waals surface area contributed by atoms with Crippen LogP contribution in [-0.2, 0) is 16.2 Å². The molecule has 0 aliphatic rings. The second kappa shape index (κ2) is 5.45. The fourth-order valence-electron chi connectivity index (χ4n) is 1.24. The van der Waals surface area contributed by atoms with Crippen molar-refractivity contribution in [2.24, 2.45) is 5.14 Å². The van der Waals surface area contributed by atoms with Gasteiger partial charge in [-0.1, -0.05) is 15.9 Å². The first kappa shape index (κ1) is 15.3. The molecule has 0 aliphatic carbocycles. The number of hydrogen-bond donors (Lipinski definition) is 2. The molecule has 0 aromatic heterocycles. The molecular formula is C9H10BrF3N2O2S. The number of rotatable bonds is 4. The number of anilines is 1. The van der Waals surface area contributed by atoms with E-state index in [2.05, 4.69) is 21.2 Å². The van der Waals surface area contributed by atoms with Crippen molar-refractivity contribution in [1.82, 2.24) is 0 Å². The van der Waals surface area contributed by atoms with Crippen molar-refractivity contribution in [3.05, 3.63) is 28.2 Å². The topological polar surface area (TPSA) is 72.2 Å². The van der Waals surface area contributed by atoms with E-state index in [4.69, 9.17) is 5.14 Å². The highest BCUT2D eigenvalue weighted by molar-refractivity contribution is 9.10. The smallest absolute Gasteiger partial charge is 0.383 e. The van der Waals surface area contributed by atoms with Gasteiger partial charge in [0.25, 0.3) is 0 Å². The first-order chi connectivity index (χ1) is 8.09. The summed E-state index contributed by atoms with van der Waals surface area (Å²) in [5, 5.41) is 7.16. The minimum Gasteiger partial charge on any atom is -0.383 e. The molecule has 0 radical (unpaired) electrons. The summed E-state index contributed by atoms with van der Waals surface area (Å²) in [5.41, 5.74) is -1.05. The quantitative estimate of drug-likeness (QED) is 0.877. The van der Waals surface area contributed by atoms with E-state index in [-0.39, 0.29) is 12.2 Å². The molecule has 0 bridgehead atoms. The first-order valence-electron chi connectivity index (χ1n) is 4.71. The first-order valence-corrected chi connectivity index (χ1v) is 7.21. The average Bonchev–Trinajstić information content (AvgIpc) is 2.13. The lowest BCUT2D eigenvalue weighted by Crippen LogP contribution is -2.23. The molecule has 0 saturated heterocycles. The number of primary sulfonamides is 1. The zero-order valence-electron chi connectivity index (χ0n) is 8.96. The monoisotopic (exact) mass is 346 g/mol. The Morgan fingerprint density at radius 3 is 2.44 bits per heavy atom. The molecule has 1 rings (SSSR count). The van der Waals surface area contributed by atoms with Gasteiger partial charge >= 0.3 is 6.18 Å². The van der Waals surface area contributed by atoms with Crippen LogP contribution in [0.25, 0.3) is 0 Å². The van der Waals surface area contributed by atoms with Crippen LogP contribution >= 0.6 is 15.9 Å². The van der Waals surface area contributed by atoms with Gasteiger partial charge in [-0.3, -0.25) is 0 Å². The van der Waals surface area contributed by atoms with Crippen LogP contribution in [0.15, 0.2) is 22.7 Å². The molecule has 0 unspecified atom stereocenters. The fraction of sp³-hybridized carbons (Fsp3) is 0.333. The highest BCUT2D eigenvalue weighted by Gasteiger charge is 2.33. The number of hydrogen-bond acceptors (Lipinski definition) is 3. The highest BCUT2D eigenvalue weighted by atomic mass is 79.9. The van der Waals surface area contributed by atoms with Gasteiger partial charge in [-0.05, 0) is 18.2 Å². The standard InChI is InChI=1S/C9H10BrF3N2O2S/c10-6-1-2-7(9(11,12)13)8(5-6)15-3-4-18(14,16)17/h1-2,5,15H,3-4H2,(H2,14,16,17). The molecule has 9 heteroatoms. The summed E-state index contributed by atoms with van der Waals surface area (Å²) in [4.78, 5) is 0. The Kier molecular flexibility index (Phi) is 4.62. The van der Waals surface area contributed by atoms with E-state index in [0.29, 0.717) is 4.47 Å². The van der Waals surface area contributed by atoms with Crippen molar-refractivity contribution in [3.63, 3.8) is 0 Å². The van der Waals surface area contributed by atoms with Gasteiger partial charge in [0, 0.05) is 16.7 Å². The van der Waals surface area contributed by atoms with Gasteiger partial charge in [-0.25, -0.2) is 13.6 Å². The molecule has 4 nitrogen and oxygen atoms in total. The van der Waals surface area contributed by atoms with Crippen LogP contribution in [-0.4, -0.2) is 20.7 Å². The van der Waals surface area contributed by atoms with Gasteiger partial charge in [-0.15, -0.1) is 0 Å². The molecule has 0 amide bonds. The average molecular weight is 347 g/mol. The molecule has 0 aliphatic heterocycles. The maximum Gasteiger partial charge on any atom is 0.418 e. The molecule has 0 heterocycles. The zero-order chi connectivity index (χ0) is 14.0. The number of sulfonamides is 1. The number of alkyl halides is 3. The third-order valence-electron chi connectivity index (χ3n) is 1.99.